The van der Waals surface area contributed by atoms with Gasteiger partial charge in [-0.1, -0.05) is 25.1 Å². The van der Waals surface area contributed by atoms with Gasteiger partial charge in [0, 0.05) is 23.7 Å². The molecule has 1 aromatic heterocycles. The van der Waals surface area contributed by atoms with E-state index >= 15 is 0 Å². The van der Waals surface area contributed by atoms with Gasteiger partial charge in [0.05, 0.1) is 11.3 Å². The van der Waals surface area contributed by atoms with Crippen molar-refractivity contribution in [3.63, 3.8) is 0 Å². The third-order valence-corrected chi connectivity index (χ3v) is 2.71. The highest BCUT2D eigenvalue weighted by atomic mass is 16.1. The van der Waals surface area contributed by atoms with Crippen LogP contribution in [0.4, 0.5) is 0 Å². The van der Waals surface area contributed by atoms with Crippen LogP contribution in [-0.4, -0.2) is 10.8 Å². The Morgan fingerprint density at radius 3 is 2.89 bits per heavy atom. The van der Waals surface area contributed by atoms with Crippen molar-refractivity contribution in [1.29, 1.82) is 5.26 Å². The summed E-state index contributed by atoms with van der Waals surface area (Å²) >= 11 is 0. The second kappa shape index (κ2) is 5.24. The molecule has 1 heterocycles. The van der Waals surface area contributed by atoms with E-state index < -0.39 is 0 Å². The normalized spacial score (nSPS) is 9.78. The van der Waals surface area contributed by atoms with Crippen LogP contribution in [0.3, 0.4) is 0 Å². The zero-order valence-electron chi connectivity index (χ0n) is 10.1. The first-order valence-electron chi connectivity index (χ1n) is 5.75. The standard InChI is InChI=1S/C15H12N2O/c1-2-14(18)11-5-3-6-12(9-11)15-13(10-16)7-4-8-17-15/h3-9H,2H2,1H3. The highest BCUT2D eigenvalue weighted by Gasteiger charge is 2.08. The summed E-state index contributed by atoms with van der Waals surface area (Å²) < 4.78 is 0. The van der Waals surface area contributed by atoms with Gasteiger partial charge in [-0.15, -0.1) is 0 Å². The molecule has 18 heavy (non-hydrogen) atoms. The molecule has 0 spiro atoms. The minimum absolute atomic E-state index is 0.0892. The Balaban J connectivity index is 2.52. The molecular weight excluding hydrogens is 224 g/mol. The Morgan fingerprint density at radius 2 is 2.17 bits per heavy atom. The first-order chi connectivity index (χ1) is 8.76. The number of carbonyl (C=O) groups excluding carboxylic acids is 1. The van der Waals surface area contributed by atoms with Crippen LogP contribution in [0.5, 0.6) is 0 Å². The predicted molar refractivity (Wildman–Crippen MR) is 69.0 cm³/mol. The van der Waals surface area contributed by atoms with E-state index in [9.17, 15) is 4.79 Å². The molecule has 0 fully saturated rings. The topological polar surface area (TPSA) is 53.8 Å². The van der Waals surface area contributed by atoms with Crippen molar-refractivity contribution in [1.82, 2.24) is 4.98 Å². The maximum Gasteiger partial charge on any atom is 0.162 e. The summed E-state index contributed by atoms with van der Waals surface area (Å²) in [4.78, 5) is 15.9. The van der Waals surface area contributed by atoms with E-state index in [1.807, 2.05) is 19.1 Å². The molecule has 0 N–H and O–H groups in total. The summed E-state index contributed by atoms with van der Waals surface area (Å²) in [5.74, 6) is 0.0892. The molecule has 0 aliphatic carbocycles. The first-order valence-corrected chi connectivity index (χ1v) is 5.75. The van der Waals surface area contributed by atoms with E-state index in [-0.39, 0.29) is 5.78 Å². The van der Waals surface area contributed by atoms with Crippen LogP contribution in [0.25, 0.3) is 11.3 Å². The minimum Gasteiger partial charge on any atom is -0.294 e. The summed E-state index contributed by atoms with van der Waals surface area (Å²) in [5.41, 5.74) is 2.58. The molecule has 3 heteroatoms. The molecule has 0 amide bonds. The molecule has 0 aliphatic heterocycles. The number of rotatable bonds is 3. The van der Waals surface area contributed by atoms with Crippen LogP contribution >= 0.6 is 0 Å². The van der Waals surface area contributed by atoms with Gasteiger partial charge in [-0.2, -0.15) is 5.26 Å². The molecule has 0 radical (unpaired) electrons. The van der Waals surface area contributed by atoms with Crippen LogP contribution in [-0.2, 0) is 0 Å². The average molecular weight is 236 g/mol. The number of benzene rings is 1. The minimum atomic E-state index is 0.0892. The molecule has 1 aromatic carbocycles. The van der Waals surface area contributed by atoms with Gasteiger partial charge < -0.3 is 0 Å². The number of hydrogen-bond acceptors (Lipinski definition) is 3. The molecule has 0 bridgehead atoms. The van der Waals surface area contributed by atoms with Gasteiger partial charge in [0.15, 0.2) is 5.78 Å². The number of carbonyl (C=O) groups is 1. The lowest BCUT2D eigenvalue weighted by molar-refractivity contribution is 0.0988. The molecule has 3 nitrogen and oxygen atoms in total. The SMILES string of the molecule is CCC(=O)c1cccc(-c2ncccc2C#N)c1. The fraction of sp³-hybridized carbons (Fsp3) is 0.133. The van der Waals surface area contributed by atoms with E-state index in [4.69, 9.17) is 5.26 Å². The van der Waals surface area contributed by atoms with Crippen molar-refractivity contribution in [2.45, 2.75) is 13.3 Å². The number of hydrogen-bond donors (Lipinski definition) is 0. The first kappa shape index (κ1) is 12.0. The maximum absolute atomic E-state index is 11.7. The van der Waals surface area contributed by atoms with Crippen molar-refractivity contribution >= 4 is 5.78 Å². The Kier molecular flexibility index (Phi) is 3.49. The Hall–Kier alpha value is -2.47. The zero-order valence-corrected chi connectivity index (χ0v) is 10.1. The highest BCUT2D eigenvalue weighted by molar-refractivity contribution is 5.97. The van der Waals surface area contributed by atoms with Gasteiger partial charge >= 0.3 is 0 Å². The van der Waals surface area contributed by atoms with Crippen LogP contribution < -0.4 is 0 Å². The monoisotopic (exact) mass is 236 g/mol. The summed E-state index contributed by atoms with van der Waals surface area (Å²) in [6.07, 6.45) is 2.11. The maximum atomic E-state index is 11.7. The van der Waals surface area contributed by atoms with E-state index in [0.29, 0.717) is 23.2 Å². The Labute approximate surface area is 106 Å². The van der Waals surface area contributed by atoms with Crippen LogP contribution in [0, 0.1) is 11.3 Å². The van der Waals surface area contributed by atoms with Crippen molar-refractivity contribution in [2.24, 2.45) is 0 Å². The number of nitriles is 1. The fourth-order valence-electron chi connectivity index (χ4n) is 1.77. The van der Waals surface area contributed by atoms with Gasteiger partial charge in [-0.05, 0) is 18.2 Å². The van der Waals surface area contributed by atoms with Gasteiger partial charge in [-0.3, -0.25) is 9.78 Å². The molecule has 0 unspecified atom stereocenters. The number of aromatic nitrogens is 1. The number of nitrogens with zero attached hydrogens (tertiary/aromatic N) is 2. The van der Waals surface area contributed by atoms with Crippen molar-refractivity contribution in [3.8, 4) is 17.3 Å². The number of Topliss-reactive ketones (excluding diaryl/α,β-unsaturated/α-hetero) is 1. The quantitative estimate of drug-likeness (QED) is 0.769. The van der Waals surface area contributed by atoms with Crippen molar-refractivity contribution in [2.75, 3.05) is 0 Å². The average Bonchev–Trinajstić information content (AvgIpc) is 2.46. The van der Waals surface area contributed by atoms with E-state index in [0.717, 1.165) is 5.56 Å². The van der Waals surface area contributed by atoms with Gasteiger partial charge in [0.1, 0.15) is 6.07 Å². The lowest BCUT2D eigenvalue weighted by Gasteiger charge is -2.04. The lowest BCUT2D eigenvalue weighted by Crippen LogP contribution is -1.97. The number of pyridine rings is 1. The fourth-order valence-corrected chi connectivity index (χ4v) is 1.77. The third-order valence-electron chi connectivity index (χ3n) is 2.71. The van der Waals surface area contributed by atoms with Crippen LogP contribution in [0.1, 0.15) is 29.3 Å². The Bertz CT molecular complexity index is 626. The van der Waals surface area contributed by atoms with Crippen LogP contribution in [0.2, 0.25) is 0 Å². The summed E-state index contributed by atoms with van der Waals surface area (Å²) in [5, 5.41) is 9.05. The Morgan fingerprint density at radius 1 is 1.33 bits per heavy atom. The molecule has 88 valence electrons. The number of ketones is 1. The van der Waals surface area contributed by atoms with Gasteiger partial charge in [0.25, 0.3) is 0 Å². The molecule has 0 atom stereocenters. The molecule has 0 saturated carbocycles. The summed E-state index contributed by atoms with van der Waals surface area (Å²) in [6, 6.07) is 12.8. The van der Waals surface area contributed by atoms with Gasteiger partial charge in [0.2, 0.25) is 0 Å². The molecule has 0 aliphatic rings. The predicted octanol–water partition coefficient (Wildman–Crippen LogP) is 3.21. The van der Waals surface area contributed by atoms with Crippen molar-refractivity contribution < 1.29 is 4.79 Å². The smallest absolute Gasteiger partial charge is 0.162 e. The second-order valence-corrected chi connectivity index (χ2v) is 3.87. The lowest BCUT2D eigenvalue weighted by atomic mass is 10.0. The molecule has 2 aromatic rings. The molecular formula is C15H12N2O. The second-order valence-electron chi connectivity index (χ2n) is 3.87. The van der Waals surface area contributed by atoms with E-state index in [2.05, 4.69) is 11.1 Å². The third kappa shape index (κ3) is 2.28. The van der Waals surface area contributed by atoms with Gasteiger partial charge in [-0.25, -0.2) is 0 Å². The summed E-state index contributed by atoms with van der Waals surface area (Å²) in [7, 11) is 0. The van der Waals surface area contributed by atoms with E-state index in [1.54, 1.807) is 30.5 Å². The van der Waals surface area contributed by atoms with Crippen molar-refractivity contribution in [3.05, 3.63) is 53.7 Å². The van der Waals surface area contributed by atoms with Crippen LogP contribution in [0.15, 0.2) is 42.6 Å². The largest absolute Gasteiger partial charge is 0.294 e. The molecule has 0 saturated heterocycles. The molecule has 2 rings (SSSR count). The van der Waals surface area contributed by atoms with E-state index in [1.165, 1.54) is 0 Å². The summed E-state index contributed by atoms with van der Waals surface area (Å²) in [6.45, 7) is 1.83. The zero-order chi connectivity index (χ0) is 13.0. The highest BCUT2D eigenvalue weighted by Crippen LogP contribution is 2.22.